The minimum atomic E-state index is -4.57. The number of hydrogen-bond donors (Lipinski definition) is 3. The normalized spacial score (nSPS) is 23.6. The largest absolute Gasteiger partial charge is 0.426 e. The van der Waals surface area contributed by atoms with E-state index in [9.17, 15) is 53.9 Å². The molecule has 0 bridgehead atoms. The highest BCUT2D eigenvalue weighted by atomic mass is 35.5. The Hall–Kier alpha value is -4.47. The molecule has 0 heterocycles. The summed E-state index contributed by atoms with van der Waals surface area (Å²) in [5, 5.41) is 4.91. The van der Waals surface area contributed by atoms with Crippen LogP contribution in [0.4, 0.5) is 56.6 Å². The molecule has 6 rings (SSSR count). The molecule has 0 aliphatic heterocycles. The van der Waals surface area contributed by atoms with Crippen molar-refractivity contribution in [1.29, 1.82) is 0 Å². The molecule has 69 heavy (non-hydrogen) atoms. The van der Waals surface area contributed by atoms with Crippen LogP contribution in [0.15, 0.2) is 87.9 Å². The first-order chi connectivity index (χ1) is 31.3. The van der Waals surface area contributed by atoms with Crippen molar-refractivity contribution in [3.63, 3.8) is 0 Å². The average molecular weight is 1040 g/mol. The standard InChI is InChI=1S/3C17H19ClF3NO/c3*1-9-5-6-12(10(2)7-9)22-15(23)14-11(16(14,3)4)8-13(18)17(19,20)21/h3*5-8,11,14H,1-4H3,(H,22,23)/b3*13-8-/t3*11-,14-/m100/s1. The van der Waals surface area contributed by atoms with Crippen LogP contribution in [0.5, 0.6) is 0 Å². The van der Waals surface area contributed by atoms with Gasteiger partial charge < -0.3 is 16.0 Å². The van der Waals surface area contributed by atoms with Gasteiger partial charge in [-0.1, -0.05) is 148 Å². The first-order valence-corrected chi connectivity index (χ1v) is 22.9. The molecule has 3 aromatic carbocycles. The van der Waals surface area contributed by atoms with Gasteiger partial charge in [-0.25, -0.2) is 0 Å². The molecule has 378 valence electrons. The van der Waals surface area contributed by atoms with Gasteiger partial charge in [-0.2, -0.15) is 39.5 Å². The third kappa shape index (κ3) is 14.1. The molecule has 18 heteroatoms. The van der Waals surface area contributed by atoms with Crippen LogP contribution in [0.1, 0.15) is 74.9 Å². The van der Waals surface area contributed by atoms with Crippen molar-refractivity contribution in [1.82, 2.24) is 0 Å². The zero-order valence-electron chi connectivity index (χ0n) is 40.2. The van der Waals surface area contributed by atoms with Crippen LogP contribution in [-0.2, 0) is 14.4 Å². The molecule has 0 saturated heterocycles. The molecular weight excluding hydrogens is 980 g/mol. The van der Waals surface area contributed by atoms with Crippen LogP contribution in [-0.4, -0.2) is 36.3 Å². The number of alkyl halides is 9. The number of benzene rings is 3. The highest BCUT2D eigenvalue weighted by molar-refractivity contribution is 6.31. The number of carbonyl (C=O) groups excluding carboxylic acids is 3. The van der Waals surface area contributed by atoms with Crippen LogP contribution in [0.3, 0.4) is 0 Å². The fourth-order valence-corrected chi connectivity index (χ4v) is 9.13. The lowest BCUT2D eigenvalue weighted by Crippen LogP contribution is -2.17. The Morgan fingerprint density at radius 2 is 0.638 bits per heavy atom. The second kappa shape index (κ2) is 20.7. The SMILES string of the molecule is Cc1ccc(NC(=O)[C@@H]2[C@H](/C=C(\Cl)C(F)(F)F)C2(C)C)c(C)c1.Cc1ccc(NC(=O)[C@@H]2[C@H](/C=C(\Cl)C(F)(F)F)C2(C)C)c(C)c1.Cc1ccc(NC(=O)[C@H]2[C@@H](/C=C(\Cl)C(F)(F)F)C2(C)C)c(C)c1. The molecule has 3 saturated carbocycles. The van der Waals surface area contributed by atoms with Crippen LogP contribution >= 0.6 is 34.8 Å². The number of nitrogens with one attached hydrogen (secondary N) is 3. The van der Waals surface area contributed by atoms with E-state index in [2.05, 4.69) is 16.0 Å². The summed E-state index contributed by atoms with van der Waals surface area (Å²) in [6.45, 7) is 22.1. The topological polar surface area (TPSA) is 87.3 Å². The summed E-state index contributed by atoms with van der Waals surface area (Å²) in [5.41, 5.74) is 6.34. The molecule has 0 spiro atoms. The maximum atomic E-state index is 12.6. The second-order valence-electron chi connectivity index (χ2n) is 19.9. The number of halogens is 12. The third-order valence-electron chi connectivity index (χ3n) is 13.3. The van der Waals surface area contributed by atoms with Gasteiger partial charge in [-0.05, 0) is 110 Å². The average Bonchev–Trinajstić information content (AvgIpc) is 4.08. The number of aryl methyl sites for hydroxylation is 6. The minimum absolute atomic E-state index is 0.283. The van der Waals surface area contributed by atoms with Gasteiger partial charge in [-0.3, -0.25) is 14.4 Å². The molecule has 3 N–H and O–H groups in total. The number of anilines is 3. The predicted octanol–water partition coefficient (Wildman–Crippen LogP) is 15.6. The molecule has 3 aliphatic carbocycles. The molecular formula is C51H57Cl3F9N3O3. The van der Waals surface area contributed by atoms with Crippen molar-refractivity contribution in [3.8, 4) is 0 Å². The van der Waals surface area contributed by atoms with E-state index in [4.69, 9.17) is 34.8 Å². The molecule has 0 aromatic heterocycles. The summed E-state index contributed by atoms with van der Waals surface area (Å²) < 4.78 is 113. The zero-order valence-corrected chi connectivity index (χ0v) is 42.4. The van der Waals surface area contributed by atoms with Crippen molar-refractivity contribution in [2.75, 3.05) is 16.0 Å². The number of allylic oxidation sites excluding steroid dienone is 6. The monoisotopic (exact) mass is 1040 g/mol. The summed E-state index contributed by atoms with van der Waals surface area (Å²) in [7, 11) is 0. The summed E-state index contributed by atoms with van der Waals surface area (Å²) in [5.74, 6) is -4.01. The van der Waals surface area contributed by atoms with Gasteiger partial charge in [0.05, 0.1) is 17.8 Å². The van der Waals surface area contributed by atoms with Gasteiger partial charge in [-0.15, -0.1) is 0 Å². The van der Waals surface area contributed by atoms with Crippen molar-refractivity contribution < 1.29 is 53.9 Å². The predicted molar refractivity (Wildman–Crippen MR) is 256 cm³/mol. The van der Waals surface area contributed by atoms with Crippen LogP contribution in [0, 0.1) is 93.3 Å². The lowest BCUT2D eigenvalue weighted by atomic mass is 10.1. The Kier molecular flexibility index (Phi) is 17.1. The number of rotatable bonds is 9. The summed E-state index contributed by atoms with van der Waals surface area (Å²) in [6, 6.07) is 16.8. The Labute approximate surface area is 412 Å². The van der Waals surface area contributed by atoms with Gasteiger partial charge in [0.1, 0.15) is 15.1 Å². The number of amides is 3. The van der Waals surface area contributed by atoms with Gasteiger partial charge in [0, 0.05) is 17.1 Å². The van der Waals surface area contributed by atoms with E-state index < -0.39 is 85.4 Å². The molecule has 6 atom stereocenters. The van der Waals surface area contributed by atoms with Crippen LogP contribution in [0.2, 0.25) is 0 Å². The zero-order chi connectivity index (χ0) is 52.7. The molecule has 3 aliphatic rings. The highest BCUT2D eigenvalue weighted by Gasteiger charge is 2.63. The smallest absolute Gasteiger partial charge is 0.326 e. The lowest BCUT2D eigenvalue weighted by Gasteiger charge is -2.09. The van der Waals surface area contributed by atoms with E-state index in [-0.39, 0.29) is 17.7 Å². The quantitative estimate of drug-likeness (QED) is 0.187. The summed E-state index contributed by atoms with van der Waals surface area (Å²) in [6.07, 6.45) is -10.9. The fourth-order valence-electron chi connectivity index (χ4n) is 8.72. The second-order valence-corrected chi connectivity index (χ2v) is 21.2. The maximum Gasteiger partial charge on any atom is 0.426 e. The molecule has 3 amide bonds. The molecule has 3 fully saturated rings. The Morgan fingerprint density at radius 1 is 0.435 bits per heavy atom. The van der Waals surface area contributed by atoms with E-state index in [0.717, 1.165) is 51.6 Å². The van der Waals surface area contributed by atoms with Crippen molar-refractivity contribution in [3.05, 3.63) is 121 Å². The molecule has 6 nitrogen and oxygen atoms in total. The van der Waals surface area contributed by atoms with Gasteiger partial charge >= 0.3 is 18.5 Å². The number of carbonyl (C=O) groups is 3. The van der Waals surface area contributed by atoms with Crippen molar-refractivity contribution in [2.45, 2.75) is 102 Å². The van der Waals surface area contributed by atoms with E-state index in [0.29, 0.717) is 17.1 Å². The minimum Gasteiger partial charge on any atom is -0.326 e. The Bertz CT molecular complexity index is 2270. The van der Waals surface area contributed by atoms with E-state index >= 15 is 0 Å². The van der Waals surface area contributed by atoms with Crippen molar-refractivity contribution in [2.24, 2.45) is 51.8 Å². The maximum absolute atomic E-state index is 12.6. The van der Waals surface area contributed by atoms with Gasteiger partial charge in [0.2, 0.25) is 17.7 Å². The summed E-state index contributed by atoms with van der Waals surface area (Å²) in [4.78, 5) is 37.2. The highest BCUT2D eigenvalue weighted by Crippen LogP contribution is 2.62. The van der Waals surface area contributed by atoms with Gasteiger partial charge in [0.15, 0.2) is 0 Å². The van der Waals surface area contributed by atoms with E-state index in [1.807, 2.05) is 77.9 Å². The van der Waals surface area contributed by atoms with Gasteiger partial charge in [0.25, 0.3) is 0 Å². The first-order valence-electron chi connectivity index (χ1n) is 21.8. The molecule has 0 unspecified atom stereocenters. The molecule has 0 radical (unpaired) electrons. The molecule has 3 aromatic rings. The van der Waals surface area contributed by atoms with E-state index in [1.54, 1.807) is 59.7 Å². The van der Waals surface area contributed by atoms with Crippen LogP contribution in [0.25, 0.3) is 0 Å². The Balaban J connectivity index is 0.000000225. The third-order valence-corrected chi connectivity index (χ3v) is 14.3. The number of hydrogen-bond acceptors (Lipinski definition) is 3. The Morgan fingerprint density at radius 3 is 0.812 bits per heavy atom. The van der Waals surface area contributed by atoms with E-state index in [1.165, 1.54) is 0 Å². The van der Waals surface area contributed by atoms with Crippen LogP contribution < -0.4 is 16.0 Å². The first kappa shape index (κ1) is 57.1. The lowest BCUT2D eigenvalue weighted by molar-refractivity contribution is -0.119. The fraction of sp³-hybridized carbons (Fsp3) is 0.471. The summed E-state index contributed by atoms with van der Waals surface area (Å²) >= 11 is 15.9. The van der Waals surface area contributed by atoms with Crippen molar-refractivity contribution >= 4 is 69.6 Å².